The van der Waals surface area contributed by atoms with Gasteiger partial charge >= 0.3 is 5.97 Å². The predicted molar refractivity (Wildman–Crippen MR) is 117 cm³/mol. The highest BCUT2D eigenvalue weighted by Crippen LogP contribution is 2.46. The third kappa shape index (κ3) is 4.37. The second-order valence-electron chi connectivity index (χ2n) is 8.06. The Balaban J connectivity index is 1.45. The molecule has 0 radical (unpaired) electrons. The highest BCUT2D eigenvalue weighted by molar-refractivity contribution is 7.47. The number of carbonyl (C=O) groups excluding carboxylic acids is 1. The van der Waals surface area contributed by atoms with Gasteiger partial charge in [-0.3, -0.25) is 9.69 Å². The molecule has 4 rings (SSSR count). The van der Waals surface area contributed by atoms with E-state index in [0.29, 0.717) is 19.1 Å². The van der Waals surface area contributed by atoms with E-state index in [0.717, 1.165) is 35.5 Å². The van der Waals surface area contributed by atoms with E-state index in [2.05, 4.69) is 28.4 Å². The van der Waals surface area contributed by atoms with Gasteiger partial charge in [-0.1, -0.05) is 35.9 Å². The van der Waals surface area contributed by atoms with Crippen molar-refractivity contribution in [1.82, 2.24) is 4.90 Å². The van der Waals surface area contributed by atoms with Gasteiger partial charge in [0, 0.05) is 41.9 Å². The SMILES string of the molecule is CN1C2CC[C@@H]1C[C@H](c1ccc(Cl)cc1)C2C(=O)OCCc1ccc(N=S)cc1. The molecule has 2 aromatic rings. The quantitative estimate of drug-likeness (QED) is 0.603. The molecule has 0 N–H and O–H groups in total. The summed E-state index contributed by atoms with van der Waals surface area (Å²) in [6.45, 7) is 0.382. The number of nitrogens with zero attached hydrogens (tertiary/aromatic N) is 2. The van der Waals surface area contributed by atoms with Crippen molar-refractivity contribution in [2.45, 2.75) is 43.7 Å². The molecule has 2 saturated heterocycles. The molecule has 6 heteroatoms. The molecule has 2 aliphatic heterocycles. The molecule has 2 bridgehead atoms. The maximum absolute atomic E-state index is 13.2. The van der Waals surface area contributed by atoms with E-state index < -0.39 is 0 Å². The molecule has 0 spiro atoms. The Morgan fingerprint density at radius 2 is 1.90 bits per heavy atom. The lowest BCUT2D eigenvalue weighted by Gasteiger charge is -2.42. The third-order valence-electron chi connectivity index (χ3n) is 6.52. The summed E-state index contributed by atoms with van der Waals surface area (Å²) in [7, 11) is 2.15. The van der Waals surface area contributed by atoms with Crippen LogP contribution in [0.4, 0.5) is 5.69 Å². The van der Waals surface area contributed by atoms with Gasteiger partial charge in [-0.25, -0.2) is 0 Å². The summed E-state index contributed by atoms with van der Waals surface area (Å²) in [6.07, 6.45) is 3.87. The van der Waals surface area contributed by atoms with Crippen LogP contribution in [-0.4, -0.2) is 36.6 Å². The third-order valence-corrected chi connectivity index (χ3v) is 6.98. The van der Waals surface area contributed by atoms with Crippen LogP contribution in [0.5, 0.6) is 0 Å². The van der Waals surface area contributed by atoms with E-state index in [1.807, 2.05) is 36.4 Å². The number of benzene rings is 2. The summed E-state index contributed by atoms with van der Waals surface area (Å²) in [5, 5.41) is 0.721. The van der Waals surface area contributed by atoms with Crippen LogP contribution in [0.1, 0.15) is 36.3 Å². The number of ether oxygens (including phenoxy) is 1. The fourth-order valence-electron chi connectivity index (χ4n) is 4.93. The number of rotatable bonds is 6. The van der Waals surface area contributed by atoms with Gasteiger partial charge in [-0.05, 0) is 61.7 Å². The zero-order valence-electron chi connectivity index (χ0n) is 16.5. The Morgan fingerprint density at radius 1 is 1.17 bits per heavy atom. The second kappa shape index (κ2) is 8.90. The summed E-state index contributed by atoms with van der Waals surface area (Å²) < 4.78 is 9.52. The zero-order chi connectivity index (χ0) is 20.4. The number of carbonyl (C=O) groups is 1. The molecule has 0 aliphatic carbocycles. The molecule has 4 atom stereocenters. The topological polar surface area (TPSA) is 41.9 Å². The van der Waals surface area contributed by atoms with Crippen molar-refractivity contribution in [3.63, 3.8) is 0 Å². The fraction of sp³-hybridized carbons (Fsp3) is 0.435. The molecule has 2 fully saturated rings. The Kier molecular flexibility index (Phi) is 6.28. The number of piperidine rings is 1. The van der Waals surface area contributed by atoms with Gasteiger partial charge < -0.3 is 4.74 Å². The van der Waals surface area contributed by atoms with Crippen molar-refractivity contribution >= 4 is 35.7 Å². The number of hydrogen-bond donors (Lipinski definition) is 0. The molecule has 2 aliphatic rings. The fourth-order valence-corrected chi connectivity index (χ4v) is 5.18. The molecule has 2 heterocycles. The first kappa shape index (κ1) is 20.5. The molecule has 2 aromatic carbocycles. The predicted octanol–water partition coefficient (Wildman–Crippen LogP) is 5.05. The van der Waals surface area contributed by atoms with Crippen molar-refractivity contribution in [2.75, 3.05) is 13.7 Å². The van der Waals surface area contributed by atoms with E-state index >= 15 is 0 Å². The van der Waals surface area contributed by atoms with Gasteiger partial charge in [0.25, 0.3) is 0 Å². The zero-order valence-corrected chi connectivity index (χ0v) is 18.0. The summed E-state index contributed by atoms with van der Waals surface area (Å²) in [4.78, 5) is 15.6. The highest BCUT2D eigenvalue weighted by atomic mass is 35.5. The van der Waals surface area contributed by atoms with Crippen LogP contribution in [0.3, 0.4) is 0 Å². The minimum absolute atomic E-state index is 0.0840. The van der Waals surface area contributed by atoms with Gasteiger partial charge in [0.1, 0.15) is 0 Å². The van der Waals surface area contributed by atoms with Crippen molar-refractivity contribution < 1.29 is 9.53 Å². The van der Waals surface area contributed by atoms with Crippen molar-refractivity contribution in [3.8, 4) is 0 Å². The van der Waals surface area contributed by atoms with Crippen LogP contribution in [0.2, 0.25) is 5.02 Å². The summed E-state index contributed by atoms with van der Waals surface area (Å²) in [6, 6.07) is 16.5. The number of halogens is 1. The van der Waals surface area contributed by atoms with Gasteiger partial charge in [-0.15, -0.1) is 0 Å². The van der Waals surface area contributed by atoms with Gasteiger partial charge in [0.05, 0.1) is 18.2 Å². The Morgan fingerprint density at radius 3 is 2.59 bits per heavy atom. The van der Waals surface area contributed by atoms with Gasteiger partial charge in [-0.2, -0.15) is 4.36 Å². The standard InChI is InChI=1S/C23H25ClN2O2S/c1-26-19-10-11-21(26)22(20(14-19)16-4-6-17(24)7-5-16)23(27)28-13-12-15-2-8-18(25-29)9-3-15/h2-9,19-22H,10-14H2,1H3/t19-,20-,21?,22?/m1/s1. The molecule has 0 saturated carbocycles. The molecule has 4 nitrogen and oxygen atoms in total. The second-order valence-corrected chi connectivity index (χ2v) is 8.68. The van der Waals surface area contributed by atoms with Crippen molar-refractivity contribution in [2.24, 2.45) is 10.3 Å². The van der Waals surface area contributed by atoms with Crippen LogP contribution in [0.15, 0.2) is 52.9 Å². The monoisotopic (exact) mass is 428 g/mol. The molecular formula is C23H25ClN2O2S. The van der Waals surface area contributed by atoms with Gasteiger partial charge in [0.15, 0.2) is 0 Å². The molecule has 29 heavy (non-hydrogen) atoms. The molecular weight excluding hydrogens is 404 g/mol. The molecule has 2 unspecified atom stereocenters. The van der Waals surface area contributed by atoms with E-state index in [4.69, 9.17) is 28.8 Å². The maximum Gasteiger partial charge on any atom is 0.311 e. The Labute approximate surface area is 182 Å². The van der Waals surface area contributed by atoms with E-state index in [9.17, 15) is 4.79 Å². The van der Waals surface area contributed by atoms with E-state index in [-0.39, 0.29) is 23.8 Å². The first-order chi connectivity index (χ1) is 14.1. The normalized spacial score (nSPS) is 26.3. The molecule has 152 valence electrons. The van der Waals surface area contributed by atoms with Crippen molar-refractivity contribution in [3.05, 3.63) is 64.7 Å². The lowest BCUT2D eigenvalue weighted by atomic mass is 9.76. The summed E-state index contributed by atoms with van der Waals surface area (Å²) in [5.74, 6) is -0.0398. The Hall–Kier alpha value is -1.82. The smallest absolute Gasteiger partial charge is 0.311 e. The first-order valence-corrected chi connectivity index (χ1v) is 10.9. The van der Waals surface area contributed by atoms with Crippen molar-refractivity contribution in [1.29, 1.82) is 0 Å². The van der Waals surface area contributed by atoms with E-state index in [1.54, 1.807) is 0 Å². The summed E-state index contributed by atoms with van der Waals surface area (Å²) in [5.41, 5.74) is 3.06. The maximum atomic E-state index is 13.2. The molecule has 0 aromatic heterocycles. The van der Waals surface area contributed by atoms with Gasteiger partial charge in [0.2, 0.25) is 0 Å². The minimum Gasteiger partial charge on any atom is -0.465 e. The summed E-state index contributed by atoms with van der Waals surface area (Å²) >= 11 is 10.8. The van der Waals surface area contributed by atoms with Crippen LogP contribution in [-0.2, 0) is 28.4 Å². The van der Waals surface area contributed by atoms with Crippen LogP contribution in [0, 0.1) is 5.92 Å². The Bertz CT molecular complexity index is 871. The highest BCUT2D eigenvalue weighted by Gasteiger charge is 2.49. The molecule has 0 amide bonds. The number of esters is 1. The average molecular weight is 429 g/mol. The lowest BCUT2D eigenvalue weighted by molar-refractivity contribution is -0.153. The number of fused-ring (bicyclic) bond motifs is 2. The minimum atomic E-state index is -0.138. The number of hydrogen-bond acceptors (Lipinski definition) is 5. The average Bonchev–Trinajstić information content (AvgIpc) is 2.97. The van der Waals surface area contributed by atoms with Crippen LogP contribution < -0.4 is 0 Å². The van der Waals surface area contributed by atoms with Crippen LogP contribution >= 0.6 is 11.6 Å². The largest absolute Gasteiger partial charge is 0.465 e. The first-order valence-electron chi connectivity index (χ1n) is 10.1. The lowest BCUT2D eigenvalue weighted by Crippen LogP contribution is -2.49. The van der Waals surface area contributed by atoms with E-state index in [1.165, 1.54) is 5.56 Å². The van der Waals surface area contributed by atoms with Crippen LogP contribution in [0.25, 0.3) is 0 Å².